The summed E-state index contributed by atoms with van der Waals surface area (Å²) in [5.74, 6) is 0. The molecular formula is C40H31N5. The Morgan fingerprint density at radius 2 is 0.822 bits per heavy atom. The molecule has 2 aromatic heterocycles. The first-order valence-corrected chi connectivity index (χ1v) is 14.6. The molecular weight excluding hydrogens is 550 g/mol. The van der Waals surface area contributed by atoms with Gasteiger partial charge in [0.2, 0.25) is 0 Å². The molecule has 6 aromatic rings. The highest BCUT2D eigenvalue weighted by atomic mass is 14.6. The summed E-state index contributed by atoms with van der Waals surface area (Å²) in [5.41, 5.74) is 16.7. The molecule has 45 heavy (non-hydrogen) atoms. The number of anilines is 1. The van der Waals surface area contributed by atoms with Crippen molar-refractivity contribution >= 4 is 28.3 Å². The average molecular weight is 582 g/mol. The highest BCUT2D eigenvalue weighted by molar-refractivity contribution is 6.68. The van der Waals surface area contributed by atoms with E-state index in [9.17, 15) is 0 Å². The highest BCUT2D eigenvalue weighted by Gasteiger charge is 2.22. The third kappa shape index (κ3) is 6.74. The number of rotatable bonds is 5. The second-order valence-corrected chi connectivity index (χ2v) is 10.5. The van der Waals surface area contributed by atoms with Crippen molar-refractivity contribution in [3.63, 3.8) is 0 Å². The Bertz CT molecular complexity index is 1900. The molecule has 0 spiro atoms. The molecule has 7 rings (SSSR count). The number of nitrogen functional groups attached to an aromatic ring is 1. The van der Waals surface area contributed by atoms with E-state index >= 15 is 0 Å². The molecule has 5 nitrogen and oxygen atoms in total. The molecule has 0 bridgehead atoms. The van der Waals surface area contributed by atoms with Crippen LogP contribution in [-0.4, -0.2) is 21.4 Å². The van der Waals surface area contributed by atoms with Gasteiger partial charge in [0, 0.05) is 52.7 Å². The van der Waals surface area contributed by atoms with Crippen LogP contribution in [0.4, 0.5) is 5.69 Å². The number of hydrogen-bond donors (Lipinski definition) is 3. The fourth-order valence-electron chi connectivity index (χ4n) is 5.19. The standard InChI is InChI=1S/C28H20N4.C12H11N/c29-27-25(21-7-1-5-19(15-21)23-9-3-13-31-17-23)11-12-26(28(27)30)22-8-2-6-20(16-22)24-10-4-14-32-18-24;13-12-8-6-11(7-9-12)10-4-2-1-3-5-10/h1-18,29-30H;1-9H,13H2. The van der Waals surface area contributed by atoms with Gasteiger partial charge >= 0.3 is 0 Å². The molecule has 0 radical (unpaired) electrons. The maximum atomic E-state index is 8.71. The van der Waals surface area contributed by atoms with Crippen molar-refractivity contribution in [2.45, 2.75) is 0 Å². The molecule has 0 saturated heterocycles. The Morgan fingerprint density at radius 3 is 1.29 bits per heavy atom. The summed E-state index contributed by atoms with van der Waals surface area (Å²) in [4.78, 5) is 8.40. The van der Waals surface area contributed by atoms with Gasteiger partial charge in [-0.2, -0.15) is 0 Å². The van der Waals surface area contributed by atoms with Gasteiger partial charge in [0.1, 0.15) is 0 Å². The Kier molecular flexibility index (Phi) is 8.61. The van der Waals surface area contributed by atoms with Gasteiger partial charge in [-0.1, -0.05) is 103 Å². The second-order valence-electron chi connectivity index (χ2n) is 10.5. The van der Waals surface area contributed by atoms with Gasteiger partial charge in [-0.25, -0.2) is 0 Å². The van der Waals surface area contributed by atoms with Crippen LogP contribution in [0, 0.1) is 10.8 Å². The van der Waals surface area contributed by atoms with Crippen LogP contribution >= 0.6 is 0 Å². The van der Waals surface area contributed by atoms with Crippen molar-refractivity contribution in [2.24, 2.45) is 0 Å². The van der Waals surface area contributed by atoms with Crippen LogP contribution < -0.4 is 5.73 Å². The van der Waals surface area contributed by atoms with Crippen molar-refractivity contribution in [2.75, 3.05) is 5.73 Å². The largest absolute Gasteiger partial charge is 0.399 e. The van der Waals surface area contributed by atoms with E-state index in [-0.39, 0.29) is 11.4 Å². The van der Waals surface area contributed by atoms with Crippen LogP contribution in [-0.2, 0) is 0 Å². The van der Waals surface area contributed by atoms with Crippen molar-refractivity contribution in [1.82, 2.24) is 9.97 Å². The van der Waals surface area contributed by atoms with Gasteiger partial charge in [0.05, 0.1) is 11.4 Å². The minimum atomic E-state index is 0.220. The van der Waals surface area contributed by atoms with Crippen molar-refractivity contribution in [1.29, 1.82) is 10.8 Å². The predicted molar refractivity (Wildman–Crippen MR) is 187 cm³/mol. The molecule has 0 fully saturated rings. The Morgan fingerprint density at radius 1 is 0.400 bits per heavy atom. The summed E-state index contributed by atoms with van der Waals surface area (Å²) in [6.45, 7) is 0. The first kappa shape index (κ1) is 28.9. The topological polar surface area (TPSA) is 99.5 Å². The summed E-state index contributed by atoms with van der Waals surface area (Å²) < 4.78 is 0. The summed E-state index contributed by atoms with van der Waals surface area (Å²) in [7, 11) is 0. The molecule has 0 amide bonds. The minimum absolute atomic E-state index is 0.220. The van der Waals surface area contributed by atoms with Crippen molar-refractivity contribution < 1.29 is 0 Å². The molecule has 4 aromatic carbocycles. The molecule has 1 aliphatic rings. The molecule has 0 atom stereocenters. The molecule has 1 aliphatic carbocycles. The van der Waals surface area contributed by atoms with E-state index in [4.69, 9.17) is 16.6 Å². The van der Waals surface area contributed by atoms with E-state index in [0.717, 1.165) is 50.2 Å². The molecule has 5 heteroatoms. The van der Waals surface area contributed by atoms with Gasteiger partial charge in [-0.05, 0) is 69.8 Å². The van der Waals surface area contributed by atoms with E-state index < -0.39 is 0 Å². The van der Waals surface area contributed by atoms with Gasteiger partial charge in [0.25, 0.3) is 0 Å². The summed E-state index contributed by atoms with van der Waals surface area (Å²) in [6, 6.07) is 42.1. The molecule has 0 unspecified atom stereocenters. The van der Waals surface area contributed by atoms with Crippen LogP contribution in [0.25, 0.3) is 44.5 Å². The Balaban J connectivity index is 0.000000229. The molecule has 4 N–H and O–H groups in total. The summed E-state index contributed by atoms with van der Waals surface area (Å²) in [5, 5.41) is 17.4. The summed E-state index contributed by atoms with van der Waals surface area (Å²) >= 11 is 0. The lowest BCUT2D eigenvalue weighted by Gasteiger charge is -2.19. The zero-order valence-electron chi connectivity index (χ0n) is 24.6. The van der Waals surface area contributed by atoms with Gasteiger partial charge < -0.3 is 5.73 Å². The van der Waals surface area contributed by atoms with Crippen LogP contribution in [0.5, 0.6) is 0 Å². The van der Waals surface area contributed by atoms with Gasteiger partial charge in [-0.15, -0.1) is 0 Å². The predicted octanol–water partition coefficient (Wildman–Crippen LogP) is 9.27. The van der Waals surface area contributed by atoms with Crippen LogP contribution in [0.1, 0.15) is 11.1 Å². The third-order valence-electron chi connectivity index (χ3n) is 7.56. The van der Waals surface area contributed by atoms with E-state index in [2.05, 4.69) is 22.1 Å². The number of pyridine rings is 2. The fraction of sp³-hybridized carbons (Fsp3) is 0. The maximum Gasteiger partial charge on any atom is 0.0873 e. The van der Waals surface area contributed by atoms with E-state index in [1.807, 2.05) is 140 Å². The number of hydrogen-bond acceptors (Lipinski definition) is 5. The molecule has 216 valence electrons. The zero-order valence-corrected chi connectivity index (χ0v) is 24.6. The maximum absolute atomic E-state index is 8.71. The van der Waals surface area contributed by atoms with E-state index in [0.29, 0.717) is 0 Å². The molecule has 0 aliphatic heterocycles. The van der Waals surface area contributed by atoms with E-state index in [1.54, 1.807) is 12.4 Å². The Labute approximate surface area is 263 Å². The third-order valence-corrected chi connectivity index (χ3v) is 7.56. The molecule has 0 saturated carbocycles. The van der Waals surface area contributed by atoms with Gasteiger partial charge in [-0.3, -0.25) is 20.8 Å². The lowest BCUT2D eigenvalue weighted by atomic mass is 9.85. The van der Waals surface area contributed by atoms with Crippen LogP contribution in [0.15, 0.2) is 164 Å². The first-order chi connectivity index (χ1) is 22.1. The second kappa shape index (κ2) is 13.4. The smallest absolute Gasteiger partial charge is 0.0873 e. The van der Waals surface area contributed by atoms with Crippen LogP contribution in [0.3, 0.4) is 0 Å². The number of nitrogens with one attached hydrogen (secondary N) is 2. The SMILES string of the molecule is N=C1C(=N)C(c2cccc(-c3cccnc3)c2)=CC=C1c1cccc(-c2cccnc2)c1.Nc1ccc(-c2ccccc2)cc1. The normalized spacial score (nSPS) is 12.4. The zero-order chi connectivity index (χ0) is 31.0. The number of benzene rings is 4. The van der Waals surface area contributed by atoms with Crippen molar-refractivity contribution in [3.8, 4) is 33.4 Å². The number of nitrogens with two attached hydrogens (primary N) is 1. The summed E-state index contributed by atoms with van der Waals surface area (Å²) in [6.07, 6.45) is 11.0. The number of nitrogens with zero attached hydrogens (tertiary/aromatic N) is 2. The van der Waals surface area contributed by atoms with Gasteiger partial charge in [0.15, 0.2) is 0 Å². The minimum Gasteiger partial charge on any atom is -0.399 e. The van der Waals surface area contributed by atoms with Crippen molar-refractivity contribution in [3.05, 3.63) is 175 Å². The fourth-order valence-corrected chi connectivity index (χ4v) is 5.19. The Hall–Kier alpha value is -6.20. The number of allylic oxidation sites excluding steroid dienone is 4. The first-order valence-electron chi connectivity index (χ1n) is 14.6. The number of aromatic nitrogens is 2. The average Bonchev–Trinajstić information content (AvgIpc) is 3.11. The van der Waals surface area contributed by atoms with E-state index in [1.165, 1.54) is 11.1 Å². The monoisotopic (exact) mass is 581 g/mol. The highest BCUT2D eigenvalue weighted by Crippen LogP contribution is 2.31. The quantitative estimate of drug-likeness (QED) is 0.140. The lowest BCUT2D eigenvalue weighted by Crippen LogP contribution is -2.18. The molecule has 2 heterocycles. The lowest BCUT2D eigenvalue weighted by molar-refractivity contribution is 1.33. The van der Waals surface area contributed by atoms with Crippen LogP contribution in [0.2, 0.25) is 0 Å².